The van der Waals surface area contributed by atoms with Crippen LogP contribution in [0.2, 0.25) is 0 Å². The SMILES string of the molecule is O=C(CCCc1ccccc1)N1CCC[C@@H](c2cc(C(=O)N3CCOCC3)n[nH]2)C1. The highest BCUT2D eigenvalue weighted by Crippen LogP contribution is 2.27. The minimum absolute atomic E-state index is 0.0505. The number of ether oxygens (including phenoxy) is 1. The van der Waals surface area contributed by atoms with E-state index in [4.69, 9.17) is 4.74 Å². The van der Waals surface area contributed by atoms with Gasteiger partial charge in [0.25, 0.3) is 5.91 Å². The number of likely N-dealkylation sites (tertiary alicyclic amines) is 1. The third kappa shape index (κ3) is 5.08. The Hall–Kier alpha value is -2.67. The van der Waals surface area contributed by atoms with Gasteiger partial charge in [-0.1, -0.05) is 30.3 Å². The van der Waals surface area contributed by atoms with E-state index >= 15 is 0 Å². The van der Waals surface area contributed by atoms with Gasteiger partial charge in [-0.2, -0.15) is 5.10 Å². The molecule has 7 nitrogen and oxygen atoms in total. The van der Waals surface area contributed by atoms with E-state index in [0.29, 0.717) is 45.0 Å². The molecule has 0 spiro atoms. The van der Waals surface area contributed by atoms with E-state index < -0.39 is 0 Å². The van der Waals surface area contributed by atoms with Gasteiger partial charge < -0.3 is 14.5 Å². The van der Waals surface area contributed by atoms with Crippen LogP contribution >= 0.6 is 0 Å². The van der Waals surface area contributed by atoms with Crippen molar-refractivity contribution in [2.75, 3.05) is 39.4 Å². The average molecular weight is 411 g/mol. The Bertz CT molecular complexity index is 845. The quantitative estimate of drug-likeness (QED) is 0.794. The number of rotatable bonds is 6. The molecule has 4 rings (SSSR count). The number of piperidine rings is 1. The molecule has 1 atom stereocenters. The zero-order chi connectivity index (χ0) is 20.8. The van der Waals surface area contributed by atoms with Gasteiger partial charge in [-0.3, -0.25) is 14.7 Å². The van der Waals surface area contributed by atoms with E-state index in [9.17, 15) is 9.59 Å². The largest absolute Gasteiger partial charge is 0.378 e. The molecular weight excluding hydrogens is 380 g/mol. The number of aromatic amines is 1. The summed E-state index contributed by atoms with van der Waals surface area (Å²) in [6.07, 6.45) is 4.34. The maximum atomic E-state index is 12.7. The van der Waals surface area contributed by atoms with Gasteiger partial charge in [0.05, 0.1) is 13.2 Å². The van der Waals surface area contributed by atoms with Gasteiger partial charge in [0.1, 0.15) is 5.69 Å². The number of nitrogens with one attached hydrogen (secondary N) is 1. The number of aryl methyl sites for hydroxylation is 1. The van der Waals surface area contributed by atoms with Crippen LogP contribution in [0.3, 0.4) is 0 Å². The lowest BCUT2D eigenvalue weighted by Crippen LogP contribution is -2.40. The smallest absolute Gasteiger partial charge is 0.274 e. The number of benzene rings is 1. The molecule has 1 N–H and O–H groups in total. The van der Waals surface area contributed by atoms with Crippen molar-refractivity contribution in [2.24, 2.45) is 0 Å². The van der Waals surface area contributed by atoms with Gasteiger partial charge in [0, 0.05) is 44.2 Å². The van der Waals surface area contributed by atoms with Crippen molar-refractivity contribution < 1.29 is 14.3 Å². The van der Waals surface area contributed by atoms with Gasteiger partial charge in [-0.05, 0) is 37.3 Å². The highest BCUT2D eigenvalue weighted by molar-refractivity contribution is 5.92. The lowest BCUT2D eigenvalue weighted by molar-refractivity contribution is -0.132. The fourth-order valence-electron chi connectivity index (χ4n) is 4.29. The predicted molar refractivity (Wildman–Crippen MR) is 113 cm³/mol. The summed E-state index contributed by atoms with van der Waals surface area (Å²) >= 11 is 0. The van der Waals surface area contributed by atoms with E-state index in [-0.39, 0.29) is 17.7 Å². The molecular formula is C23H30N4O3. The Morgan fingerprint density at radius 3 is 2.70 bits per heavy atom. The molecule has 0 saturated carbocycles. The van der Waals surface area contributed by atoms with Gasteiger partial charge in [0.15, 0.2) is 0 Å². The van der Waals surface area contributed by atoms with Crippen LogP contribution in [-0.4, -0.2) is 71.2 Å². The van der Waals surface area contributed by atoms with Crippen molar-refractivity contribution in [3.63, 3.8) is 0 Å². The van der Waals surface area contributed by atoms with Crippen molar-refractivity contribution in [3.05, 3.63) is 53.3 Å². The van der Waals surface area contributed by atoms with Crippen molar-refractivity contribution in [1.82, 2.24) is 20.0 Å². The number of carbonyl (C=O) groups is 2. The highest BCUT2D eigenvalue weighted by Gasteiger charge is 2.27. The Balaban J connectivity index is 1.29. The topological polar surface area (TPSA) is 78.5 Å². The van der Waals surface area contributed by atoms with Crippen LogP contribution < -0.4 is 0 Å². The normalized spacial score (nSPS) is 19.7. The molecule has 0 unspecified atom stereocenters. The molecule has 0 aliphatic carbocycles. The molecule has 1 aromatic carbocycles. The number of H-pyrrole nitrogens is 1. The van der Waals surface area contributed by atoms with Crippen LogP contribution in [0.4, 0.5) is 0 Å². The number of hydrogen-bond donors (Lipinski definition) is 1. The van der Waals surface area contributed by atoms with Crippen LogP contribution in [0.25, 0.3) is 0 Å². The van der Waals surface area contributed by atoms with E-state index in [0.717, 1.165) is 37.9 Å². The molecule has 160 valence electrons. The summed E-state index contributed by atoms with van der Waals surface area (Å²) in [6.45, 7) is 3.87. The first-order valence-electron chi connectivity index (χ1n) is 10.9. The lowest BCUT2D eigenvalue weighted by atomic mass is 9.94. The molecule has 2 fully saturated rings. The van der Waals surface area contributed by atoms with E-state index in [1.807, 2.05) is 29.2 Å². The Morgan fingerprint density at radius 1 is 1.10 bits per heavy atom. The van der Waals surface area contributed by atoms with E-state index in [1.54, 1.807) is 4.90 Å². The molecule has 3 heterocycles. The molecule has 2 aliphatic rings. The summed E-state index contributed by atoms with van der Waals surface area (Å²) in [5, 5.41) is 7.31. The first-order valence-corrected chi connectivity index (χ1v) is 10.9. The van der Waals surface area contributed by atoms with Crippen molar-refractivity contribution in [2.45, 2.75) is 38.0 Å². The first kappa shape index (κ1) is 20.6. The summed E-state index contributed by atoms with van der Waals surface area (Å²) < 4.78 is 5.31. The second kappa shape index (κ2) is 9.89. The van der Waals surface area contributed by atoms with E-state index in [2.05, 4.69) is 22.3 Å². The summed E-state index contributed by atoms with van der Waals surface area (Å²) in [4.78, 5) is 29.1. The minimum atomic E-state index is -0.0505. The van der Waals surface area contributed by atoms with Gasteiger partial charge in [-0.15, -0.1) is 0 Å². The van der Waals surface area contributed by atoms with Crippen molar-refractivity contribution in [3.8, 4) is 0 Å². The van der Waals surface area contributed by atoms with Gasteiger partial charge >= 0.3 is 0 Å². The van der Waals surface area contributed by atoms with Crippen LogP contribution in [-0.2, 0) is 16.0 Å². The summed E-state index contributed by atoms with van der Waals surface area (Å²) in [5.74, 6) is 0.376. The first-order chi connectivity index (χ1) is 14.7. The molecule has 30 heavy (non-hydrogen) atoms. The molecule has 0 bridgehead atoms. The summed E-state index contributed by atoms with van der Waals surface area (Å²) in [6, 6.07) is 12.2. The molecule has 7 heteroatoms. The third-order valence-electron chi connectivity index (χ3n) is 6.03. The number of amides is 2. The molecule has 2 aromatic rings. The van der Waals surface area contributed by atoms with Crippen LogP contribution in [0.5, 0.6) is 0 Å². The molecule has 1 aromatic heterocycles. The lowest BCUT2D eigenvalue weighted by Gasteiger charge is -2.32. The Morgan fingerprint density at radius 2 is 1.90 bits per heavy atom. The maximum absolute atomic E-state index is 12.7. The Kier molecular flexibility index (Phi) is 6.79. The van der Waals surface area contributed by atoms with Gasteiger partial charge in [-0.25, -0.2) is 0 Å². The molecule has 2 aliphatic heterocycles. The number of nitrogens with zero attached hydrogens (tertiary/aromatic N) is 3. The number of carbonyl (C=O) groups excluding carboxylic acids is 2. The van der Waals surface area contributed by atoms with Crippen molar-refractivity contribution in [1.29, 1.82) is 0 Å². The fourth-order valence-corrected chi connectivity index (χ4v) is 4.29. The monoisotopic (exact) mass is 410 g/mol. The number of aromatic nitrogens is 2. The number of hydrogen-bond acceptors (Lipinski definition) is 4. The van der Waals surface area contributed by atoms with Crippen LogP contribution in [0.1, 0.15) is 53.3 Å². The second-order valence-electron chi connectivity index (χ2n) is 8.13. The zero-order valence-corrected chi connectivity index (χ0v) is 17.4. The molecule has 2 saturated heterocycles. The highest BCUT2D eigenvalue weighted by atomic mass is 16.5. The third-order valence-corrected chi connectivity index (χ3v) is 6.03. The maximum Gasteiger partial charge on any atom is 0.274 e. The average Bonchev–Trinajstić information content (AvgIpc) is 3.30. The zero-order valence-electron chi connectivity index (χ0n) is 17.4. The summed E-state index contributed by atoms with van der Waals surface area (Å²) in [5.41, 5.74) is 2.68. The minimum Gasteiger partial charge on any atom is -0.378 e. The van der Waals surface area contributed by atoms with Crippen LogP contribution in [0.15, 0.2) is 36.4 Å². The fraction of sp³-hybridized carbons (Fsp3) is 0.522. The second-order valence-corrected chi connectivity index (χ2v) is 8.13. The van der Waals surface area contributed by atoms with Crippen molar-refractivity contribution >= 4 is 11.8 Å². The molecule has 2 amide bonds. The Labute approximate surface area is 177 Å². The standard InChI is InChI=1S/C23H30N4O3/c28-22(10-4-8-18-6-2-1-3-7-18)27-11-5-9-19(17-27)20-16-21(25-24-20)23(29)26-12-14-30-15-13-26/h1-3,6-7,16,19H,4-5,8-15,17H2,(H,24,25)/t19-/m1/s1. The van der Waals surface area contributed by atoms with Crippen LogP contribution in [0, 0.1) is 0 Å². The number of morpholine rings is 1. The summed E-state index contributed by atoms with van der Waals surface area (Å²) in [7, 11) is 0. The predicted octanol–water partition coefficient (Wildman–Crippen LogP) is 2.61. The van der Waals surface area contributed by atoms with E-state index in [1.165, 1.54) is 5.56 Å². The van der Waals surface area contributed by atoms with Gasteiger partial charge in [0.2, 0.25) is 5.91 Å². The molecule has 0 radical (unpaired) electrons.